The lowest BCUT2D eigenvalue weighted by molar-refractivity contribution is 0.311. The SMILES string of the molecule is CC(C)NCc1ccc(N2CCN(C)CC2)nn1. The van der Waals surface area contributed by atoms with E-state index in [0.717, 1.165) is 44.2 Å². The maximum Gasteiger partial charge on any atom is 0.151 e. The van der Waals surface area contributed by atoms with Crippen molar-refractivity contribution in [2.24, 2.45) is 0 Å². The number of hydrogen-bond acceptors (Lipinski definition) is 5. The van der Waals surface area contributed by atoms with Crippen LogP contribution in [0.15, 0.2) is 12.1 Å². The van der Waals surface area contributed by atoms with E-state index in [1.54, 1.807) is 0 Å². The summed E-state index contributed by atoms with van der Waals surface area (Å²) in [4.78, 5) is 4.64. The van der Waals surface area contributed by atoms with Crippen molar-refractivity contribution in [3.8, 4) is 0 Å². The Balaban J connectivity index is 1.91. The van der Waals surface area contributed by atoms with E-state index in [1.807, 2.05) is 0 Å². The second kappa shape index (κ2) is 6.11. The van der Waals surface area contributed by atoms with Crippen LogP contribution in [0, 0.1) is 0 Å². The third-order valence-electron chi connectivity index (χ3n) is 3.22. The van der Waals surface area contributed by atoms with E-state index >= 15 is 0 Å². The predicted molar refractivity (Wildman–Crippen MR) is 73.7 cm³/mol. The van der Waals surface area contributed by atoms with Gasteiger partial charge in [-0.3, -0.25) is 0 Å². The first-order valence-electron chi connectivity index (χ1n) is 6.64. The Kier molecular flexibility index (Phi) is 4.49. The van der Waals surface area contributed by atoms with Gasteiger partial charge in [0.1, 0.15) is 0 Å². The van der Waals surface area contributed by atoms with Crippen LogP contribution in [0.4, 0.5) is 5.82 Å². The monoisotopic (exact) mass is 249 g/mol. The van der Waals surface area contributed by atoms with Crippen molar-refractivity contribution in [1.29, 1.82) is 0 Å². The molecule has 0 atom stereocenters. The molecule has 1 fully saturated rings. The van der Waals surface area contributed by atoms with Gasteiger partial charge in [-0.2, -0.15) is 5.10 Å². The molecule has 5 nitrogen and oxygen atoms in total. The maximum atomic E-state index is 4.32. The van der Waals surface area contributed by atoms with E-state index in [1.165, 1.54) is 0 Å². The molecule has 0 bridgehead atoms. The molecular formula is C13H23N5. The molecule has 100 valence electrons. The molecule has 1 saturated heterocycles. The number of nitrogens with zero attached hydrogens (tertiary/aromatic N) is 4. The summed E-state index contributed by atoms with van der Waals surface area (Å²) in [5.41, 5.74) is 1.00. The molecule has 2 heterocycles. The fourth-order valence-corrected chi connectivity index (χ4v) is 1.96. The van der Waals surface area contributed by atoms with E-state index < -0.39 is 0 Å². The van der Waals surface area contributed by atoms with Crippen LogP contribution in [-0.4, -0.2) is 54.4 Å². The van der Waals surface area contributed by atoms with E-state index in [0.29, 0.717) is 6.04 Å². The van der Waals surface area contributed by atoms with Gasteiger partial charge in [0.25, 0.3) is 0 Å². The topological polar surface area (TPSA) is 44.3 Å². The summed E-state index contributed by atoms with van der Waals surface area (Å²) in [6.07, 6.45) is 0. The van der Waals surface area contributed by atoms with Crippen LogP contribution in [0.5, 0.6) is 0 Å². The van der Waals surface area contributed by atoms with Crippen molar-refractivity contribution in [3.63, 3.8) is 0 Å². The minimum absolute atomic E-state index is 0.476. The van der Waals surface area contributed by atoms with Gasteiger partial charge >= 0.3 is 0 Å². The fraction of sp³-hybridized carbons (Fsp3) is 0.692. The molecule has 0 spiro atoms. The Morgan fingerprint density at radius 2 is 1.89 bits per heavy atom. The van der Waals surface area contributed by atoms with Crippen molar-refractivity contribution in [3.05, 3.63) is 17.8 Å². The van der Waals surface area contributed by atoms with Gasteiger partial charge in [0.15, 0.2) is 5.82 Å². The quantitative estimate of drug-likeness (QED) is 0.852. The van der Waals surface area contributed by atoms with Gasteiger partial charge in [0, 0.05) is 38.8 Å². The highest BCUT2D eigenvalue weighted by Gasteiger charge is 2.15. The number of rotatable bonds is 4. The van der Waals surface area contributed by atoms with Crippen molar-refractivity contribution in [2.45, 2.75) is 26.4 Å². The van der Waals surface area contributed by atoms with Gasteiger partial charge in [-0.1, -0.05) is 13.8 Å². The van der Waals surface area contributed by atoms with Crippen LogP contribution >= 0.6 is 0 Å². The smallest absolute Gasteiger partial charge is 0.151 e. The third-order valence-corrected chi connectivity index (χ3v) is 3.22. The first kappa shape index (κ1) is 13.2. The highest BCUT2D eigenvalue weighted by atomic mass is 15.3. The van der Waals surface area contributed by atoms with E-state index in [4.69, 9.17) is 0 Å². The summed E-state index contributed by atoms with van der Waals surface area (Å²) in [7, 11) is 2.16. The Bertz CT molecular complexity index is 354. The van der Waals surface area contributed by atoms with Gasteiger partial charge in [-0.25, -0.2) is 0 Å². The lowest BCUT2D eigenvalue weighted by atomic mass is 10.3. The second-order valence-electron chi connectivity index (χ2n) is 5.21. The average molecular weight is 249 g/mol. The van der Waals surface area contributed by atoms with Gasteiger partial charge < -0.3 is 15.1 Å². The zero-order chi connectivity index (χ0) is 13.0. The number of anilines is 1. The third kappa shape index (κ3) is 3.65. The summed E-state index contributed by atoms with van der Waals surface area (Å²) in [6.45, 7) is 9.31. The molecule has 2 rings (SSSR count). The number of likely N-dealkylation sites (N-methyl/N-ethyl adjacent to an activating group) is 1. The van der Waals surface area contributed by atoms with Gasteiger partial charge in [-0.15, -0.1) is 5.10 Å². The number of hydrogen-bond donors (Lipinski definition) is 1. The summed E-state index contributed by atoms with van der Waals surface area (Å²) < 4.78 is 0. The average Bonchev–Trinajstić information content (AvgIpc) is 2.38. The Morgan fingerprint density at radius 3 is 2.44 bits per heavy atom. The van der Waals surface area contributed by atoms with Crippen molar-refractivity contribution in [1.82, 2.24) is 20.4 Å². The summed E-state index contributed by atoms with van der Waals surface area (Å²) in [5.74, 6) is 0.997. The molecule has 18 heavy (non-hydrogen) atoms. The summed E-state index contributed by atoms with van der Waals surface area (Å²) in [6, 6.07) is 4.62. The normalized spacial score (nSPS) is 17.4. The molecule has 1 aromatic rings. The molecule has 0 amide bonds. The maximum absolute atomic E-state index is 4.32. The lowest BCUT2D eigenvalue weighted by Gasteiger charge is -2.32. The number of aromatic nitrogens is 2. The molecule has 0 unspecified atom stereocenters. The van der Waals surface area contributed by atoms with Gasteiger partial charge in [0.2, 0.25) is 0 Å². The molecule has 1 aliphatic heterocycles. The lowest BCUT2D eigenvalue weighted by Crippen LogP contribution is -2.44. The highest BCUT2D eigenvalue weighted by Crippen LogP contribution is 2.11. The first-order valence-corrected chi connectivity index (χ1v) is 6.64. The zero-order valence-corrected chi connectivity index (χ0v) is 11.6. The van der Waals surface area contributed by atoms with E-state index in [9.17, 15) is 0 Å². The molecule has 1 N–H and O–H groups in total. The Hall–Kier alpha value is -1.20. The van der Waals surface area contributed by atoms with Crippen LogP contribution in [0.2, 0.25) is 0 Å². The number of piperazine rings is 1. The van der Waals surface area contributed by atoms with Crippen molar-refractivity contribution < 1.29 is 0 Å². The first-order chi connectivity index (χ1) is 8.65. The number of nitrogens with one attached hydrogen (secondary N) is 1. The predicted octanol–water partition coefficient (Wildman–Crippen LogP) is 0.726. The molecule has 1 aromatic heterocycles. The Morgan fingerprint density at radius 1 is 1.17 bits per heavy atom. The van der Waals surface area contributed by atoms with Crippen LogP contribution in [0.25, 0.3) is 0 Å². The fourth-order valence-electron chi connectivity index (χ4n) is 1.96. The van der Waals surface area contributed by atoms with Crippen LogP contribution in [0.1, 0.15) is 19.5 Å². The minimum atomic E-state index is 0.476. The zero-order valence-electron chi connectivity index (χ0n) is 11.6. The molecule has 0 aliphatic carbocycles. The van der Waals surface area contributed by atoms with Crippen LogP contribution < -0.4 is 10.2 Å². The largest absolute Gasteiger partial charge is 0.353 e. The summed E-state index contributed by atoms with van der Waals surface area (Å²) in [5, 5.41) is 11.9. The Labute approximate surface area is 109 Å². The second-order valence-corrected chi connectivity index (χ2v) is 5.21. The van der Waals surface area contributed by atoms with Crippen LogP contribution in [-0.2, 0) is 6.54 Å². The van der Waals surface area contributed by atoms with E-state index in [2.05, 4.69) is 58.3 Å². The molecule has 5 heteroatoms. The molecular weight excluding hydrogens is 226 g/mol. The molecule has 1 aliphatic rings. The van der Waals surface area contributed by atoms with Crippen molar-refractivity contribution in [2.75, 3.05) is 38.1 Å². The highest BCUT2D eigenvalue weighted by molar-refractivity contribution is 5.37. The van der Waals surface area contributed by atoms with E-state index in [-0.39, 0.29) is 0 Å². The van der Waals surface area contributed by atoms with Gasteiger partial charge in [-0.05, 0) is 19.2 Å². The van der Waals surface area contributed by atoms with Crippen LogP contribution in [0.3, 0.4) is 0 Å². The van der Waals surface area contributed by atoms with Gasteiger partial charge in [0.05, 0.1) is 5.69 Å². The van der Waals surface area contributed by atoms with Crippen molar-refractivity contribution >= 4 is 5.82 Å². The molecule has 0 aromatic carbocycles. The standard InChI is InChI=1S/C13H23N5/c1-11(2)14-10-12-4-5-13(16-15-12)18-8-6-17(3)7-9-18/h4-5,11,14H,6-10H2,1-3H3. The summed E-state index contributed by atoms with van der Waals surface area (Å²) >= 11 is 0. The minimum Gasteiger partial charge on any atom is -0.353 e. The molecule has 0 radical (unpaired) electrons. The molecule has 0 saturated carbocycles.